The van der Waals surface area contributed by atoms with Crippen LogP contribution in [0, 0.1) is 0 Å². The van der Waals surface area contributed by atoms with E-state index >= 15 is 0 Å². The van der Waals surface area contributed by atoms with E-state index in [1.807, 2.05) is 6.07 Å². The zero-order valence-corrected chi connectivity index (χ0v) is 17.0. The Labute approximate surface area is 168 Å². The molecule has 0 spiro atoms. The minimum absolute atomic E-state index is 0.139. The number of hydrogen-bond acceptors (Lipinski definition) is 5. The lowest BCUT2D eigenvalue weighted by molar-refractivity contribution is 0.0948. The Bertz CT molecular complexity index is 1190. The van der Waals surface area contributed by atoms with Crippen LogP contribution < -0.4 is 10.9 Å². The Morgan fingerprint density at radius 3 is 2.34 bits per heavy atom. The predicted molar refractivity (Wildman–Crippen MR) is 112 cm³/mol. The molecule has 0 unspecified atom stereocenters. The van der Waals surface area contributed by atoms with Crippen molar-refractivity contribution in [2.45, 2.75) is 6.42 Å². The highest BCUT2D eigenvalue weighted by Gasteiger charge is 2.17. The second-order valence-electron chi connectivity index (χ2n) is 6.64. The molecule has 0 saturated carbocycles. The van der Waals surface area contributed by atoms with Crippen LogP contribution in [0.4, 0.5) is 0 Å². The Morgan fingerprint density at radius 2 is 1.69 bits per heavy atom. The zero-order valence-electron chi connectivity index (χ0n) is 16.2. The summed E-state index contributed by atoms with van der Waals surface area (Å²) < 4.78 is 25.3. The highest BCUT2D eigenvalue weighted by molar-refractivity contribution is 7.88. The molecule has 3 rings (SSSR count). The third kappa shape index (κ3) is 4.69. The van der Waals surface area contributed by atoms with Gasteiger partial charge >= 0.3 is 0 Å². The number of benzene rings is 2. The molecule has 1 aromatic heterocycles. The number of hydrogen-bond donors (Lipinski definition) is 1. The van der Waals surface area contributed by atoms with Gasteiger partial charge in [0.15, 0.2) is 5.69 Å². The number of nitrogens with one attached hydrogen (secondary N) is 1. The number of carbonyl (C=O) groups is 1. The first kappa shape index (κ1) is 20.7. The molecule has 9 heteroatoms. The van der Waals surface area contributed by atoms with Gasteiger partial charge in [0.1, 0.15) is 0 Å². The van der Waals surface area contributed by atoms with E-state index in [1.54, 1.807) is 48.5 Å². The standard InChI is InChI=1S/C20H22N4O4S/c1-23(29(2,27)28)14-8-13-21-19(25)18-16-11-6-7-12-17(16)20(26)24(22-18)15-9-4-3-5-10-15/h3-7,9-12H,8,13-14H2,1-2H3,(H,21,25). The van der Waals surface area contributed by atoms with Crippen molar-refractivity contribution in [1.29, 1.82) is 0 Å². The Hall–Kier alpha value is -3.04. The summed E-state index contributed by atoms with van der Waals surface area (Å²) in [5.74, 6) is -0.423. The number of rotatable bonds is 7. The third-order valence-electron chi connectivity index (χ3n) is 4.52. The van der Waals surface area contributed by atoms with Crippen molar-refractivity contribution in [2.24, 2.45) is 0 Å². The highest BCUT2D eigenvalue weighted by atomic mass is 32.2. The van der Waals surface area contributed by atoms with Crippen molar-refractivity contribution in [3.8, 4) is 5.69 Å². The molecular formula is C20H22N4O4S. The van der Waals surface area contributed by atoms with Crippen LogP contribution in [-0.2, 0) is 10.0 Å². The number of carbonyl (C=O) groups excluding carboxylic acids is 1. The number of para-hydroxylation sites is 1. The summed E-state index contributed by atoms with van der Waals surface area (Å²) in [6.45, 7) is 0.565. The van der Waals surface area contributed by atoms with Crippen molar-refractivity contribution in [3.05, 3.63) is 70.6 Å². The smallest absolute Gasteiger partial charge is 0.279 e. The molecule has 1 amide bonds. The van der Waals surface area contributed by atoms with Gasteiger partial charge < -0.3 is 5.32 Å². The number of fused-ring (bicyclic) bond motifs is 1. The normalized spacial score (nSPS) is 11.7. The summed E-state index contributed by atoms with van der Waals surface area (Å²) in [6, 6.07) is 15.7. The Morgan fingerprint density at radius 1 is 1.07 bits per heavy atom. The summed E-state index contributed by atoms with van der Waals surface area (Å²) >= 11 is 0. The molecule has 0 radical (unpaired) electrons. The molecule has 0 atom stereocenters. The molecule has 0 aliphatic rings. The van der Waals surface area contributed by atoms with Crippen LogP contribution in [0.5, 0.6) is 0 Å². The van der Waals surface area contributed by atoms with E-state index < -0.39 is 15.9 Å². The van der Waals surface area contributed by atoms with Gasteiger partial charge in [-0.1, -0.05) is 36.4 Å². The molecule has 1 N–H and O–H groups in total. The first-order valence-corrected chi connectivity index (χ1v) is 10.9. The van der Waals surface area contributed by atoms with E-state index in [0.717, 1.165) is 6.26 Å². The molecule has 0 aliphatic carbocycles. The first-order chi connectivity index (χ1) is 13.8. The van der Waals surface area contributed by atoms with Gasteiger partial charge in [-0.2, -0.15) is 9.78 Å². The Kier molecular flexibility index (Phi) is 6.09. The second-order valence-corrected chi connectivity index (χ2v) is 8.73. The van der Waals surface area contributed by atoms with E-state index in [1.165, 1.54) is 16.0 Å². The van der Waals surface area contributed by atoms with Crippen LogP contribution in [-0.4, -0.2) is 54.8 Å². The zero-order chi connectivity index (χ0) is 21.0. The third-order valence-corrected chi connectivity index (χ3v) is 5.84. The molecule has 3 aromatic rings. The SMILES string of the molecule is CN(CCCNC(=O)c1nn(-c2ccccc2)c(=O)c2ccccc12)S(C)(=O)=O. The number of amides is 1. The number of sulfonamides is 1. The lowest BCUT2D eigenvalue weighted by Crippen LogP contribution is -2.33. The predicted octanol–water partition coefficient (Wildman–Crippen LogP) is 1.40. The average Bonchev–Trinajstić information content (AvgIpc) is 2.71. The molecule has 152 valence electrons. The van der Waals surface area contributed by atoms with Crippen molar-refractivity contribution in [2.75, 3.05) is 26.4 Å². The van der Waals surface area contributed by atoms with Crippen molar-refractivity contribution in [3.63, 3.8) is 0 Å². The average molecular weight is 414 g/mol. The van der Waals surface area contributed by atoms with Gasteiger partial charge in [-0.3, -0.25) is 9.59 Å². The molecule has 1 heterocycles. The van der Waals surface area contributed by atoms with Gasteiger partial charge in [-0.05, 0) is 24.6 Å². The fraction of sp³-hybridized carbons (Fsp3) is 0.250. The molecule has 0 aliphatic heterocycles. The molecule has 0 fully saturated rings. The van der Waals surface area contributed by atoms with Gasteiger partial charge in [0, 0.05) is 25.5 Å². The minimum atomic E-state index is -3.26. The van der Waals surface area contributed by atoms with Crippen molar-refractivity contribution < 1.29 is 13.2 Å². The number of aromatic nitrogens is 2. The maximum absolute atomic E-state index is 12.8. The summed E-state index contributed by atoms with van der Waals surface area (Å²) in [5.41, 5.74) is 0.394. The lowest BCUT2D eigenvalue weighted by Gasteiger charge is -2.14. The van der Waals surface area contributed by atoms with E-state index in [2.05, 4.69) is 10.4 Å². The summed E-state index contributed by atoms with van der Waals surface area (Å²) in [4.78, 5) is 25.6. The van der Waals surface area contributed by atoms with Crippen LogP contribution >= 0.6 is 0 Å². The van der Waals surface area contributed by atoms with Gasteiger partial charge in [0.25, 0.3) is 11.5 Å². The fourth-order valence-electron chi connectivity index (χ4n) is 2.85. The van der Waals surface area contributed by atoms with E-state index in [0.29, 0.717) is 22.9 Å². The summed E-state index contributed by atoms with van der Waals surface area (Å²) in [7, 11) is -1.77. The van der Waals surface area contributed by atoms with Gasteiger partial charge in [0.05, 0.1) is 17.3 Å². The van der Waals surface area contributed by atoms with Gasteiger partial charge in [-0.15, -0.1) is 0 Å². The van der Waals surface area contributed by atoms with Gasteiger partial charge in [-0.25, -0.2) is 12.7 Å². The largest absolute Gasteiger partial charge is 0.351 e. The molecule has 2 aromatic carbocycles. The molecule has 0 saturated heterocycles. The van der Waals surface area contributed by atoms with E-state index in [4.69, 9.17) is 0 Å². The van der Waals surface area contributed by atoms with E-state index in [9.17, 15) is 18.0 Å². The maximum Gasteiger partial charge on any atom is 0.279 e. The Balaban J connectivity index is 1.87. The van der Waals surface area contributed by atoms with Crippen LogP contribution in [0.1, 0.15) is 16.9 Å². The topological polar surface area (TPSA) is 101 Å². The van der Waals surface area contributed by atoms with Crippen LogP contribution in [0.3, 0.4) is 0 Å². The van der Waals surface area contributed by atoms with Crippen LogP contribution in [0.25, 0.3) is 16.5 Å². The van der Waals surface area contributed by atoms with Gasteiger partial charge in [0.2, 0.25) is 10.0 Å². The van der Waals surface area contributed by atoms with Crippen LogP contribution in [0.15, 0.2) is 59.4 Å². The quantitative estimate of drug-likeness (QED) is 0.589. The summed E-state index contributed by atoms with van der Waals surface area (Å²) in [6.07, 6.45) is 1.58. The molecule has 8 nitrogen and oxygen atoms in total. The molecular weight excluding hydrogens is 392 g/mol. The van der Waals surface area contributed by atoms with Crippen molar-refractivity contribution >= 4 is 26.7 Å². The van der Waals surface area contributed by atoms with Crippen LogP contribution in [0.2, 0.25) is 0 Å². The monoisotopic (exact) mass is 414 g/mol. The minimum Gasteiger partial charge on any atom is -0.351 e. The fourth-order valence-corrected chi connectivity index (χ4v) is 3.32. The highest BCUT2D eigenvalue weighted by Crippen LogP contribution is 2.15. The van der Waals surface area contributed by atoms with Crippen molar-refractivity contribution in [1.82, 2.24) is 19.4 Å². The second kappa shape index (κ2) is 8.54. The molecule has 29 heavy (non-hydrogen) atoms. The van der Waals surface area contributed by atoms with E-state index in [-0.39, 0.29) is 24.3 Å². The maximum atomic E-state index is 12.8. The first-order valence-electron chi connectivity index (χ1n) is 9.06. The molecule has 0 bridgehead atoms. The lowest BCUT2D eigenvalue weighted by atomic mass is 10.1. The number of nitrogens with zero attached hydrogens (tertiary/aromatic N) is 3. The summed E-state index contributed by atoms with van der Waals surface area (Å²) in [5, 5.41) is 7.93.